The third-order valence-corrected chi connectivity index (χ3v) is 5.58. The summed E-state index contributed by atoms with van der Waals surface area (Å²) in [7, 11) is 0. The summed E-state index contributed by atoms with van der Waals surface area (Å²) in [4.78, 5) is 20.6. The molecule has 3 rings (SSSR count). The van der Waals surface area contributed by atoms with Gasteiger partial charge in [0.2, 0.25) is 0 Å². The van der Waals surface area contributed by atoms with Crippen molar-refractivity contribution in [2.24, 2.45) is 0 Å². The van der Waals surface area contributed by atoms with Gasteiger partial charge < -0.3 is 10.0 Å². The van der Waals surface area contributed by atoms with Gasteiger partial charge in [-0.1, -0.05) is 30.5 Å². The Hall–Kier alpha value is -1.90. The van der Waals surface area contributed by atoms with Gasteiger partial charge in [-0.3, -0.25) is 4.79 Å². The predicted molar refractivity (Wildman–Crippen MR) is 103 cm³/mol. The van der Waals surface area contributed by atoms with Crippen LogP contribution in [0.2, 0.25) is 5.02 Å². The Morgan fingerprint density at radius 1 is 1.44 bits per heavy atom. The number of amides is 1. The fraction of sp³-hybridized carbons (Fsp3) is 0.188. The molecule has 0 saturated carbocycles. The Morgan fingerprint density at radius 3 is 3.08 bits per heavy atom. The molecule has 130 valence electrons. The Bertz CT molecular complexity index is 918. The van der Waals surface area contributed by atoms with E-state index < -0.39 is 11.7 Å². The van der Waals surface area contributed by atoms with Crippen molar-refractivity contribution in [1.29, 1.82) is 0 Å². The van der Waals surface area contributed by atoms with Crippen molar-refractivity contribution in [3.05, 3.63) is 46.4 Å². The first-order chi connectivity index (χ1) is 12.1. The number of anilines is 2. The maximum absolute atomic E-state index is 14.2. The van der Waals surface area contributed by atoms with E-state index in [4.69, 9.17) is 11.6 Å². The van der Waals surface area contributed by atoms with Crippen molar-refractivity contribution in [2.45, 2.75) is 13.3 Å². The van der Waals surface area contributed by atoms with Crippen LogP contribution in [0, 0.1) is 5.82 Å². The van der Waals surface area contributed by atoms with Crippen LogP contribution in [0.25, 0.3) is 10.2 Å². The minimum atomic E-state index is -0.599. The van der Waals surface area contributed by atoms with Crippen molar-refractivity contribution in [1.82, 2.24) is 9.97 Å². The number of nitrogens with zero attached hydrogens (tertiary/aromatic N) is 2. The largest absolute Gasteiger partial charge is 0.328 e. The molecule has 0 radical (unpaired) electrons. The Morgan fingerprint density at radius 2 is 2.28 bits per heavy atom. The highest BCUT2D eigenvalue weighted by molar-refractivity contribution is 8.00. The second-order valence-corrected chi connectivity index (χ2v) is 7.26. The molecular formula is C16H14ClFN4OS2. The summed E-state index contributed by atoms with van der Waals surface area (Å²) in [6.07, 6.45) is 3.99. The predicted octanol–water partition coefficient (Wildman–Crippen LogP) is 5.21. The zero-order valence-electron chi connectivity index (χ0n) is 13.2. The summed E-state index contributed by atoms with van der Waals surface area (Å²) < 4.78 is 18.0. The molecule has 2 aromatic heterocycles. The average Bonchev–Trinajstić information content (AvgIpc) is 3.05. The van der Waals surface area contributed by atoms with Crippen molar-refractivity contribution in [3.63, 3.8) is 0 Å². The van der Waals surface area contributed by atoms with Gasteiger partial charge in [0, 0.05) is 17.3 Å². The molecule has 1 amide bonds. The van der Waals surface area contributed by atoms with E-state index in [1.807, 2.05) is 0 Å². The van der Waals surface area contributed by atoms with Gasteiger partial charge in [-0.15, -0.1) is 11.3 Å². The number of carbonyl (C=O) groups is 1. The number of benzene rings is 1. The Balaban J connectivity index is 1.86. The second-order valence-electron chi connectivity index (χ2n) is 5.07. The molecule has 2 heterocycles. The highest BCUT2D eigenvalue weighted by Gasteiger charge is 2.18. The summed E-state index contributed by atoms with van der Waals surface area (Å²) in [6.45, 7) is 2.06. The average molecular weight is 397 g/mol. The molecule has 25 heavy (non-hydrogen) atoms. The van der Waals surface area contributed by atoms with Crippen LogP contribution in [0.5, 0.6) is 0 Å². The number of thiophene rings is 1. The molecule has 0 saturated heterocycles. The molecule has 0 atom stereocenters. The zero-order valence-corrected chi connectivity index (χ0v) is 15.6. The van der Waals surface area contributed by atoms with E-state index in [0.717, 1.165) is 16.9 Å². The summed E-state index contributed by atoms with van der Waals surface area (Å²) in [5.41, 5.74) is 1.38. The first-order valence-corrected chi connectivity index (χ1v) is 9.70. The molecule has 0 aliphatic rings. The normalized spacial score (nSPS) is 10.8. The molecule has 3 aromatic rings. The summed E-state index contributed by atoms with van der Waals surface area (Å²) >= 11 is 9.08. The third-order valence-electron chi connectivity index (χ3n) is 3.30. The van der Waals surface area contributed by atoms with Crippen LogP contribution in [0.3, 0.4) is 0 Å². The molecule has 0 fully saturated rings. The Kier molecular flexibility index (Phi) is 5.72. The summed E-state index contributed by atoms with van der Waals surface area (Å²) in [5, 5.41) is 4.35. The zero-order chi connectivity index (χ0) is 17.8. The topological polar surface area (TPSA) is 66.9 Å². The number of hydrogen-bond acceptors (Lipinski definition) is 6. The van der Waals surface area contributed by atoms with E-state index in [-0.39, 0.29) is 10.7 Å². The monoisotopic (exact) mass is 396 g/mol. The number of nitrogens with one attached hydrogen (secondary N) is 2. The number of carbonyl (C=O) groups excluding carboxylic acids is 1. The summed E-state index contributed by atoms with van der Waals surface area (Å²) in [6, 6.07) is 2.81. The molecule has 0 aliphatic heterocycles. The van der Waals surface area contributed by atoms with Gasteiger partial charge in [-0.25, -0.2) is 14.4 Å². The van der Waals surface area contributed by atoms with Crippen molar-refractivity contribution < 1.29 is 9.18 Å². The van der Waals surface area contributed by atoms with Crippen molar-refractivity contribution in [2.75, 3.05) is 15.8 Å². The highest BCUT2D eigenvalue weighted by atomic mass is 35.5. The van der Waals surface area contributed by atoms with Gasteiger partial charge in [-0.05, 0) is 18.6 Å². The minimum Gasteiger partial charge on any atom is -0.328 e. The lowest BCUT2D eigenvalue weighted by atomic mass is 10.2. The highest BCUT2D eigenvalue weighted by Crippen LogP contribution is 2.35. The smallest absolute Gasteiger partial charge is 0.258 e. The minimum absolute atomic E-state index is 0.0535. The Labute approximate surface area is 157 Å². The number of hydrogen-bond donors (Lipinski definition) is 2. The first kappa shape index (κ1) is 17.9. The molecule has 1 aromatic carbocycles. The summed E-state index contributed by atoms with van der Waals surface area (Å²) in [5.74, 6) is -0.182. The maximum atomic E-state index is 14.2. The van der Waals surface area contributed by atoms with E-state index in [9.17, 15) is 9.18 Å². The quantitative estimate of drug-likeness (QED) is 0.442. The van der Waals surface area contributed by atoms with E-state index in [1.165, 1.54) is 35.7 Å². The molecule has 0 aliphatic carbocycles. The third kappa shape index (κ3) is 3.86. The van der Waals surface area contributed by atoms with Crippen LogP contribution in [-0.4, -0.2) is 21.6 Å². The van der Waals surface area contributed by atoms with E-state index in [2.05, 4.69) is 26.9 Å². The first-order valence-electron chi connectivity index (χ1n) is 7.46. The van der Waals surface area contributed by atoms with Crippen LogP contribution in [0.4, 0.5) is 15.8 Å². The number of halogens is 2. The number of fused-ring (bicyclic) bond motifs is 1. The van der Waals surface area contributed by atoms with Gasteiger partial charge >= 0.3 is 0 Å². The maximum Gasteiger partial charge on any atom is 0.258 e. The van der Waals surface area contributed by atoms with Gasteiger partial charge in [0.05, 0.1) is 32.2 Å². The van der Waals surface area contributed by atoms with Gasteiger partial charge in [-0.2, -0.15) is 0 Å². The molecule has 0 unspecified atom stereocenters. The number of aromatic nitrogens is 2. The second kappa shape index (κ2) is 7.99. The fourth-order valence-corrected chi connectivity index (χ4v) is 3.90. The molecule has 9 heteroatoms. The number of rotatable bonds is 6. The van der Waals surface area contributed by atoms with E-state index in [1.54, 1.807) is 17.6 Å². The SMILES string of the molecule is CCCSNc1ccc(F)c(NC(=O)c2csc3cncnc23)c1Cl. The molecule has 5 nitrogen and oxygen atoms in total. The van der Waals surface area contributed by atoms with E-state index >= 15 is 0 Å². The standard InChI is InChI=1S/C16H14ClFN4OS2/c1-2-5-25-22-11-4-3-10(18)15(13(11)17)21-16(23)9-7-24-12-6-19-8-20-14(9)12/h3-4,6-8,22H,2,5H2,1H3,(H,21,23). The van der Waals surface area contributed by atoms with Crippen molar-refractivity contribution in [3.8, 4) is 0 Å². The van der Waals surface area contributed by atoms with Gasteiger partial charge in [0.1, 0.15) is 12.1 Å². The van der Waals surface area contributed by atoms with Crippen LogP contribution >= 0.6 is 34.9 Å². The molecule has 0 spiro atoms. The fourth-order valence-electron chi connectivity index (χ4n) is 2.10. The van der Waals surface area contributed by atoms with Crippen LogP contribution in [0.15, 0.2) is 30.0 Å². The lowest BCUT2D eigenvalue weighted by Gasteiger charge is -2.13. The van der Waals surface area contributed by atoms with Gasteiger partial charge in [0.15, 0.2) is 0 Å². The van der Waals surface area contributed by atoms with E-state index in [0.29, 0.717) is 16.8 Å². The van der Waals surface area contributed by atoms with Crippen LogP contribution in [-0.2, 0) is 0 Å². The van der Waals surface area contributed by atoms with Gasteiger partial charge in [0.25, 0.3) is 5.91 Å². The van der Waals surface area contributed by atoms with Crippen LogP contribution in [0.1, 0.15) is 23.7 Å². The molecule has 2 N–H and O–H groups in total. The molecule has 0 bridgehead atoms. The lowest BCUT2D eigenvalue weighted by Crippen LogP contribution is -2.13. The van der Waals surface area contributed by atoms with Crippen molar-refractivity contribution >= 4 is 62.4 Å². The van der Waals surface area contributed by atoms with Crippen LogP contribution < -0.4 is 10.0 Å². The molecular weight excluding hydrogens is 383 g/mol. The lowest BCUT2D eigenvalue weighted by molar-refractivity contribution is 0.102.